The molecule has 0 bridgehead atoms. The van der Waals surface area contributed by atoms with Gasteiger partial charge in [0, 0.05) is 11.6 Å². The zero-order valence-corrected chi connectivity index (χ0v) is 13.5. The molecular formula is C14H15ClN4O2S. The second-order valence-corrected chi connectivity index (χ2v) is 5.68. The summed E-state index contributed by atoms with van der Waals surface area (Å²) in [7, 11) is 1.57. The second kappa shape index (κ2) is 7.33. The molecule has 2 N–H and O–H groups in total. The van der Waals surface area contributed by atoms with Crippen LogP contribution >= 0.6 is 23.4 Å². The van der Waals surface area contributed by atoms with Gasteiger partial charge in [0.15, 0.2) is 11.0 Å². The Morgan fingerprint density at radius 2 is 2.32 bits per heavy atom. The topological polar surface area (TPSA) is 83.0 Å². The van der Waals surface area contributed by atoms with Crippen molar-refractivity contribution in [1.29, 1.82) is 0 Å². The number of hydrogen-bond donors (Lipinski definition) is 1. The van der Waals surface area contributed by atoms with Crippen LogP contribution in [0.25, 0.3) is 11.4 Å². The fourth-order valence-electron chi connectivity index (χ4n) is 1.88. The molecule has 2 aromatic rings. The van der Waals surface area contributed by atoms with Gasteiger partial charge in [-0.1, -0.05) is 29.4 Å². The predicted octanol–water partition coefficient (Wildman–Crippen LogP) is 2.37. The van der Waals surface area contributed by atoms with Crippen molar-refractivity contribution in [3.05, 3.63) is 35.9 Å². The monoisotopic (exact) mass is 338 g/mol. The molecule has 0 unspecified atom stereocenters. The van der Waals surface area contributed by atoms with E-state index >= 15 is 0 Å². The Morgan fingerprint density at radius 1 is 1.55 bits per heavy atom. The summed E-state index contributed by atoms with van der Waals surface area (Å²) in [6, 6.07) is 5.26. The Labute approximate surface area is 137 Å². The van der Waals surface area contributed by atoms with E-state index in [0.717, 1.165) is 5.56 Å². The van der Waals surface area contributed by atoms with Gasteiger partial charge < -0.3 is 10.5 Å². The van der Waals surface area contributed by atoms with E-state index in [1.54, 1.807) is 31.4 Å². The number of rotatable bonds is 7. The van der Waals surface area contributed by atoms with Crippen molar-refractivity contribution in [2.75, 3.05) is 12.9 Å². The van der Waals surface area contributed by atoms with E-state index in [9.17, 15) is 4.79 Å². The molecule has 1 aromatic carbocycles. The molecule has 0 aliphatic rings. The summed E-state index contributed by atoms with van der Waals surface area (Å²) in [4.78, 5) is 11.0. The summed E-state index contributed by atoms with van der Waals surface area (Å²) < 4.78 is 7.18. The molecule has 0 radical (unpaired) electrons. The smallest absolute Gasteiger partial charge is 0.227 e. The third-order valence-electron chi connectivity index (χ3n) is 2.77. The number of benzene rings is 1. The van der Waals surface area contributed by atoms with Crippen molar-refractivity contribution >= 4 is 29.3 Å². The lowest BCUT2D eigenvalue weighted by Crippen LogP contribution is -2.14. The van der Waals surface area contributed by atoms with Crippen molar-refractivity contribution in [2.45, 2.75) is 11.7 Å². The first-order valence-electron chi connectivity index (χ1n) is 6.36. The Balaban J connectivity index is 2.48. The van der Waals surface area contributed by atoms with Gasteiger partial charge in [-0.25, -0.2) is 0 Å². The number of halogens is 1. The molecule has 2 rings (SSSR count). The van der Waals surface area contributed by atoms with E-state index in [-0.39, 0.29) is 5.75 Å². The Kier molecular flexibility index (Phi) is 5.46. The van der Waals surface area contributed by atoms with Crippen LogP contribution in [0, 0.1) is 0 Å². The van der Waals surface area contributed by atoms with Gasteiger partial charge in [-0.05, 0) is 18.2 Å². The van der Waals surface area contributed by atoms with Crippen molar-refractivity contribution in [1.82, 2.24) is 14.8 Å². The number of amides is 1. The van der Waals surface area contributed by atoms with Crippen LogP contribution in [0.1, 0.15) is 0 Å². The van der Waals surface area contributed by atoms with Gasteiger partial charge in [-0.2, -0.15) is 0 Å². The van der Waals surface area contributed by atoms with E-state index in [2.05, 4.69) is 16.8 Å². The number of primary amides is 1. The highest BCUT2D eigenvalue weighted by Gasteiger charge is 2.17. The molecule has 0 aliphatic heterocycles. The Hall–Kier alpha value is -1.99. The highest BCUT2D eigenvalue weighted by molar-refractivity contribution is 7.99. The highest BCUT2D eigenvalue weighted by Crippen LogP contribution is 2.33. The summed E-state index contributed by atoms with van der Waals surface area (Å²) in [6.07, 6.45) is 1.72. The lowest BCUT2D eigenvalue weighted by Gasteiger charge is -2.11. The fraction of sp³-hybridized carbons (Fsp3) is 0.214. The van der Waals surface area contributed by atoms with Crippen LogP contribution in [0.4, 0.5) is 0 Å². The summed E-state index contributed by atoms with van der Waals surface area (Å²) in [6.45, 7) is 4.22. The lowest BCUT2D eigenvalue weighted by atomic mass is 10.2. The van der Waals surface area contributed by atoms with Crippen molar-refractivity contribution < 1.29 is 9.53 Å². The number of hydrogen-bond acceptors (Lipinski definition) is 5. The minimum Gasteiger partial charge on any atom is -0.496 e. The summed E-state index contributed by atoms with van der Waals surface area (Å²) in [5, 5.41) is 9.44. The number of aromatic nitrogens is 3. The lowest BCUT2D eigenvalue weighted by molar-refractivity contribution is -0.115. The van der Waals surface area contributed by atoms with E-state index in [0.29, 0.717) is 28.3 Å². The van der Waals surface area contributed by atoms with Crippen molar-refractivity contribution in [2.24, 2.45) is 5.73 Å². The van der Waals surface area contributed by atoms with Gasteiger partial charge in [0.25, 0.3) is 0 Å². The normalized spacial score (nSPS) is 10.5. The molecule has 0 atom stereocenters. The van der Waals surface area contributed by atoms with Gasteiger partial charge in [-0.15, -0.1) is 16.8 Å². The number of nitrogens with zero attached hydrogens (tertiary/aromatic N) is 3. The zero-order valence-electron chi connectivity index (χ0n) is 12.0. The molecular weight excluding hydrogens is 324 g/mol. The molecule has 1 aromatic heterocycles. The second-order valence-electron chi connectivity index (χ2n) is 4.31. The molecule has 0 fully saturated rings. The quantitative estimate of drug-likeness (QED) is 0.619. The van der Waals surface area contributed by atoms with E-state index in [1.165, 1.54) is 11.8 Å². The van der Waals surface area contributed by atoms with Gasteiger partial charge in [0.2, 0.25) is 5.91 Å². The summed E-state index contributed by atoms with van der Waals surface area (Å²) >= 11 is 7.28. The summed E-state index contributed by atoms with van der Waals surface area (Å²) in [5.74, 6) is 0.932. The fourth-order valence-corrected chi connectivity index (χ4v) is 2.74. The Bertz CT molecular complexity index is 702. The number of allylic oxidation sites excluding steroid dienone is 1. The van der Waals surface area contributed by atoms with E-state index in [4.69, 9.17) is 22.1 Å². The number of carbonyl (C=O) groups is 1. The summed E-state index contributed by atoms with van der Waals surface area (Å²) in [5.41, 5.74) is 5.89. The number of ether oxygens (including phenoxy) is 1. The molecule has 6 nitrogen and oxygen atoms in total. The zero-order chi connectivity index (χ0) is 16.1. The first kappa shape index (κ1) is 16.4. The van der Waals surface area contributed by atoms with Gasteiger partial charge in [-0.3, -0.25) is 9.36 Å². The maximum absolute atomic E-state index is 11.0. The van der Waals surface area contributed by atoms with Crippen LogP contribution in [0.5, 0.6) is 5.75 Å². The molecule has 0 saturated heterocycles. The van der Waals surface area contributed by atoms with Crippen LogP contribution in [0.15, 0.2) is 36.0 Å². The van der Waals surface area contributed by atoms with Crippen molar-refractivity contribution in [3.8, 4) is 17.1 Å². The van der Waals surface area contributed by atoms with Gasteiger partial charge >= 0.3 is 0 Å². The van der Waals surface area contributed by atoms with Gasteiger partial charge in [0.05, 0.1) is 18.4 Å². The minimum atomic E-state index is -0.417. The van der Waals surface area contributed by atoms with E-state index < -0.39 is 5.91 Å². The predicted molar refractivity (Wildman–Crippen MR) is 87.1 cm³/mol. The number of thioether (sulfide) groups is 1. The van der Waals surface area contributed by atoms with Gasteiger partial charge in [0.1, 0.15) is 5.75 Å². The third kappa shape index (κ3) is 3.61. The molecule has 22 heavy (non-hydrogen) atoms. The molecule has 1 heterocycles. The van der Waals surface area contributed by atoms with Crippen LogP contribution in [-0.2, 0) is 11.3 Å². The first-order valence-corrected chi connectivity index (χ1v) is 7.72. The number of carbonyl (C=O) groups excluding carboxylic acids is 1. The average Bonchev–Trinajstić information content (AvgIpc) is 2.88. The molecule has 8 heteroatoms. The van der Waals surface area contributed by atoms with Crippen LogP contribution in [0.2, 0.25) is 5.02 Å². The largest absolute Gasteiger partial charge is 0.496 e. The van der Waals surface area contributed by atoms with Crippen molar-refractivity contribution in [3.63, 3.8) is 0 Å². The van der Waals surface area contributed by atoms with Crippen LogP contribution < -0.4 is 10.5 Å². The maximum Gasteiger partial charge on any atom is 0.227 e. The molecule has 0 saturated carbocycles. The molecule has 116 valence electrons. The van der Waals surface area contributed by atoms with Crippen LogP contribution in [0.3, 0.4) is 0 Å². The maximum atomic E-state index is 11.0. The average molecular weight is 339 g/mol. The molecule has 1 amide bonds. The van der Waals surface area contributed by atoms with E-state index in [1.807, 2.05) is 4.57 Å². The number of nitrogens with two attached hydrogens (primary N) is 1. The highest BCUT2D eigenvalue weighted by atomic mass is 35.5. The molecule has 0 aliphatic carbocycles. The first-order chi connectivity index (χ1) is 10.6. The number of methoxy groups -OCH3 is 1. The third-order valence-corrected chi connectivity index (χ3v) is 4.00. The molecule has 0 spiro atoms. The minimum absolute atomic E-state index is 0.127. The van der Waals surface area contributed by atoms with Crippen LogP contribution in [-0.4, -0.2) is 33.5 Å². The standard InChI is InChI=1S/C14H15ClN4O2S/c1-3-6-19-13(17-18-14(19)22-8-12(16)20)10-7-9(15)4-5-11(10)21-2/h3-5,7H,1,6,8H2,2H3,(H2,16,20). The SMILES string of the molecule is C=CCn1c(SCC(N)=O)nnc1-c1cc(Cl)ccc1OC. The Morgan fingerprint density at radius 3 is 2.95 bits per heavy atom.